The molecule has 0 aromatic rings. The normalized spacial score (nSPS) is 37.4. The van der Waals surface area contributed by atoms with Crippen LogP contribution in [-0.2, 0) is 0 Å². The van der Waals surface area contributed by atoms with Crippen LogP contribution in [0, 0.1) is 17.8 Å². The minimum absolute atomic E-state index is 0.805. The molecular weight excluding hydrogens is 208 g/mol. The SMILES string of the molecule is CC1CCC(NCCN(C)CC2CC2C)CC1. The smallest absolute Gasteiger partial charge is 0.0104 e. The van der Waals surface area contributed by atoms with Gasteiger partial charge in [-0.05, 0) is 56.9 Å². The molecule has 17 heavy (non-hydrogen) atoms. The summed E-state index contributed by atoms with van der Waals surface area (Å²) in [5.74, 6) is 2.95. The van der Waals surface area contributed by atoms with Crippen LogP contribution in [0.4, 0.5) is 0 Å². The molecule has 0 aromatic carbocycles. The van der Waals surface area contributed by atoms with E-state index in [2.05, 4.69) is 31.1 Å². The van der Waals surface area contributed by atoms with Crippen molar-refractivity contribution in [1.82, 2.24) is 10.2 Å². The predicted octanol–water partition coefficient (Wildman–Crippen LogP) is 2.74. The number of hydrogen-bond donors (Lipinski definition) is 1. The lowest BCUT2D eigenvalue weighted by Gasteiger charge is -2.28. The molecule has 0 radical (unpaired) electrons. The second-order valence-corrected chi connectivity index (χ2v) is 6.65. The molecule has 2 unspecified atom stereocenters. The molecule has 2 fully saturated rings. The van der Waals surface area contributed by atoms with Gasteiger partial charge in [-0.15, -0.1) is 0 Å². The van der Waals surface area contributed by atoms with Gasteiger partial charge in [-0.1, -0.05) is 13.8 Å². The van der Waals surface area contributed by atoms with Crippen LogP contribution in [0.3, 0.4) is 0 Å². The standard InChI is InChI=1S/C15H30N2/c1-12-4-6-15(7-5-12)16-8-9-17(3)11-14-10-13(14)2/h12-16H,4-11H2,1-3H3. The molecule has 2 rings (SSSR count). The highest BCUT2D eigenvalue weighted by Gasteiger charge is 2.32. The fourth-order valence-corrected chi connectivity index (χ4v) is 3.07. The van der Waals surface area contributed by atoms with E-state index in [0.717, 1.165) is 23.8 Å². The maximum absolute atomic E-state index is 3.74. The first-order chi connectivity index (χ1) is 8.15. The molecule has 2 aliphatic rings. The summed E-state index contributed by atoms with van der Waals surface area (Å²) < 4.78 is 0. The number of rotatable bonds is 6. The van der Waals surface area contributed by atoms with E-state index in [9.17, 15) is 0 Å². The fraction of sp³-hybridized carbons (Fsp3) is 1.00. The quantitative estimate of drug-likeness (QED) is 0.765. The van der Waals surface area contributed by atoms with Gasteiger partial charge in [-0.3, -0.25) is 0 Å². The molecule has 2 nitrogen and oxygen atoms in total. The highest BCUT2D eigenvalue weighted by Crippen LogP contribution is 2.37. The second kappa shape index (κ2) is 6.19. The van der Waals surface area contributed by atoms with Gasteiger partial charge in [-0.25, -0.2) is 0 Å². The van der Waals surface area contributed by atoms with Crippen molar-refractivity contribution in [3.63, 3.8) is 0 Å². The molecule has 1 N–H and O–H groups in total. The van der Waals surface area contributed by atoms with Crippen molar-refractivity contribution in [1.29, 1.82) is 0 Å². The molecule has 0 spiro atoms. The molecule has 0 aromatic heterocycles. The Kier molecular flexibility index (Phi) is 4.87. The maximum atomic E-state index is 3.74. The lowest BCUT2D eigenvalue weighted by Crippen LogP contribution is -2.38. The van der Waals surface area contributed by atoms with E-state index in [0.29, 0.717) is 0 Å². The van der Waals surface area contributed by atoms with Crippen LogP contribution in [-0.4, -0.2) is 37.6 Å². The topological polar surface area (TPSA) is 15.3 Å². The van der Waals surface area contributed by atoms with Gasteiger partial charge in [0.1, 0.15) is 0 Å². The summed E-state index contributed by atoms with van der Waals surface area (Å²) in [7, 11) is 2.27. The summed E-state index contributed by atoms with van der Waals surface area (Å²) in [5.41, 5.74) is 0. The van der Waals surface area contributed by atoms with Gasteiger partial charge < -0.3 is 10.2 Å². The van der Waals surface area contributed by atoms with Gasteiger partial charge in [0.2, 0.25) is 0 Å². The van der Waals surface area contributed by atoms with E-state index >= 15 is 0 Å². The van der Waals surface area contributed by atoms with Crippen molar-refractivity contribution in [2.24, 2.45) is 17.8 Å². The summed E-state index contributed by atoms with van der Waals surface area (Å²) in [5, 5.41) is 3.74. The average Bonchev–Trinajstić information content (AvgIpc) is 2.97. The highest BCUT2D eigenvalue weighted by molar-refractivity contribution is 4.84. The van der Waals surface area contributed by atoms with Gasteiger partial charge in [0.15, 0.2) is 0 Å². The van der Waals surface area contributed by atoms with Crippen molar-refractivity contribution in [3.8, 4) is 0 Å². The fourth-order valence-electron chi connectivity index (χ4n) is 3.07. The van der Waals surface area contributed by atoms with Crippen LogP contribution in [0.15, 0.2) is 0 Å². The molecule has 0 heterocycles. The van der Waals surface area contributed by atoms with Gasteiger partial charge in [0, 0.05) is 25.7 Å². The van der Waals surface area contributed by atoms with Crippen molar-refractivity contribution in [2.75, 3.05) is 26.7 Å². The number of nitrogens with one attached hydrogen (secondary N) is 1. The van der Waals surface area contributed by atoms with E-state index in [4.69, 9.17) is 0 Å². The average molecular weight is 238 g/mol. The third-order valence-electron chi connectivity index (χ3n) is 4.76. The Bertz CT molecular complexity index is 221. The first kappa shape index (κ1) is 13.4. The van der Waals surface area contributed by atoms with Crippen molar-refractivity contribution >= 4 is 0 Å². The Hall–Kier alpha value is -0.0800. The molecule has 2 heteroatoms. The van der Waals surface area contributed by atoms with Crippen LogP contribution < -0.4 is 5.32 Å². The summed E-state index contributed by atoms with van der Waals surface area (Å²) >= 11 is 0. The van der Waals surface area contributed by atoms with Crippen LogP contribution in [0.2, 0.25) is 0 Å². The minimum atomic E-state index is 0.805. The highest BCUT2D eigenvalue weighted by atomic mass is 15.1. The van der Waals surface area contributed by atoms with E-state index in [-0.39, 0.29) is 0 Å². The van der Waals surface area contributed by atoms with Gasteiger partial charge in [-0.2, -0.15) is 0 Å². The Morgan fingerprint density at radius 2 is 1.76 bits per heavy atom. The van der Waals surface area contributed by atoms with Crippen LogP contribution in [0.5, 0.6) is 0 Å². The summed E-state index contributed by atoms with van der Waals surface area (Å²) in [4.78, 5) is 2.51. The summed E-state index contributed by atoms with van der Waals surface area (Å²) in [6, 6.07) is 0.805. The van der Waals surface area contributed by atoms with Crippen LogP contribution in [0.1, 0.15) is 46.0 Å². The third-order valence-corrected chi connectivity index (χ3v) is 4.76. The zero-order chi connectivity index (χ0) is 12.3. The van der Waals surface area contributed by atoms with Gasteiger partial charge >= 0.3 is 0 Å². The lowest BCUT2D eigenvalue weighted by atomic mass is 9.87. The van der Waals surface area contributed by atoms with E-state index < -0.39 is 0 Å². The third kappa shape index (κ3) is 4.59. The second-order valence-electron chi connectivity index (χ2n) is 6.65. The van der Waals surface area contributed by atoms with Crippen molar-refractivity contribution in [3.05, 3.63) is 0 Å². The number of hydrogen-bond acceptors (Lipinski definition) is 2. The summed E-state index contributed by atoms with van der Waals surface area (Å²) in [6.45, 7) is 8.47. The van der Waals surface area contributed by atoms with Gasteiger partial charge in [0.25, 0.3) is 0 Å². The number of nitrogens with zero attached hydrogens (tertiary/aromatic N) is 1. The van der Waals surface area contributed by atoms with E-state index in [1.54, 1.807) is 0 Å². The molecular formula is C15H30N2. The van der Waals surface area contributed by atoms with Crippen molar-refractivity contribution < 1.29 is 0 Å². The zero-order valence-corrected chi connectivity index (χ0v) is 11.9. The molecule has 2 atom stereocenters. The van der Waals surface area contributed by atoms with E-state index in [1.807, 2.05) is 0 Å². The van der Waals surface area contributed by atoms with Crippen molar-refractivity contribution in [2.45, 2.75) is 52.0 Å². The Morgan fingerprint density at radius 3 is 2.35 bits per heavy atom. The molecule has 0 bridgehead atoms. The largest absolute Gasteiger partial charge is 0.313 e. The monoisotopic (exact) mass is 238 g/mol. The van der Waals surface area contributed by atoms with Gasteiger partial charge in [0.05, 0.1) is 0 Å². The molecule has 0 saturated heterocycles. The minimum Gasteiger partial charge on any atom is -0.313 e. The molecule has 2 aliphatic carbocycles. The van der Waals surface area contributed by atoms with Crippen LogP contribution >= 0.6 is 0 Å². The molecule has 2 saturated carbocycles. The Balaban J connectivity index is 1.50. The van der Waals surface area contributed by atoms with Crippen LogP contribution in [0.25, 0.3) is 0 Å². The Labute approximate surface area is 107 Å². The zero-order valence-electron chi connectivity index (χ0n) is 11.9. The Morgan fingerprint density at radius 1 is 1.12 bits per heavy atom. The van der Waals surface area contributed by atoms with E-state index in [1.165, 1.54) is 51.7 Å². The first-order valence-electron chi connectivity index (χ1n) is 7.57. The maximum Gasteiger partial charge on any atom is 0.0104 e. The molecule has 0 amide bonds. The molecule has 0 aliphatic heterocycles. The number of likely N-dealkylation sites (N-methyl/N-ethyl adjacent to an activating group) is 1. The molecule has 100 valence electrons. The predicted molar refractivity (Wildman–Crippen MR) is 74.2 cm³/mol. The lowest BCUT2D eigenvalue weighted by molar-refractivity contribution is 0.275. The summed E-state index contributed by atoms with van der Waals surface area (Å²) in [6.07, 6.45) is 7.09. The first-order valence-corrected chi connectivity index (χ1v) is 7.57.